The van der Waals surface area contributed by atoms with Crippen molar-refractivity contribution < 1.29 is 28.8 Å². The highest BCUT2D eigenvalue weighted by molar-refractivity contribution is 6.05. The summed E-state index contributed by atoms with van der Waals surface area (Å²) in [6.07, 6.45) is 1.74. The molecular weight excluding hydrogens is 492 g/mol. The van der Waals surface area contributed by atoms with E-state index in [1.165, 1.54) is 11.1 Å². The summed E-state index contributed by atoms with van der Waals surface area (Å²) in [5.41, 5.74) is 5.62. The fourth-order valence-corrected chi connectivity index (χ4v) is 7.93. The molecule has 198 valence electrons. The number of phenolic OH excluding ortho intramolecular Hbond substituents is 1. The Hall–Kier alpha value is -4.19. The number of phenols is 1. The summed E-state index contributed by atoms with van der Waals surface area (Å²) in [6, 6.07) is 17.8. The number of hydrogen-bond acceptors (Lipinski definition) is 6. The van der Waals surface area contributed by atoms with E-state index in [4.69, 9.17) is 18.9 Å². The Morgan fingerprint density at radius 1 is 0.821 bits per heavy atom. The van der Waals surface area contributed by atoms with Crippen LogP contribution in [0.4, 0.5) is 0 Å². The normalized spacial score (nSPS) is 22.3. The Kier molecular flexibility index (Phi) is 5.15. The van der Waals surface area contributed by atoms with E-state index in [-0.39, 0.29) is 23.4 Å². The Balaban J connectivity index is 1.60. The van der Waals surface area contributed by atoms with Crippen molar-refractivity contribution in [1.29, 1.82) is 0 Å². The molecule has 4 aromatic carbocycles. The lowest BCUT2D eigenvalue weighted by Gasteiger charge is -2.48. The molecule has 0 aliphatic heterocycles. The van der Waals surface area contributed by atoms with Crippen molar-refractivity contribution in [2.24, 2.45) is 0 Å². The van der Waals surface area contributed by atoms with Gasteiger partial charge in [0.05, 0.1) is 39.4 Å². The number of carbonyl (C=O) groups is 1. The summed E-state index contributed by atoms with van der Waals surface area (Å²) in [6.45, 7) is 0. The molecule has 0 unspecified atom stereocenters. The van der Waals surface area contributed by atoms with Gasteiger partial charge in [0, 0.05) is 23.8 Å². The molecule has 6 heteroatoms. The molecule has 0 saturated heterocycles. The molecule has 39 heavy (non-hydrogen) atoms. The van der Waals surface area contributed by atoms with Crippen molar-refractivity contribution in [3.8, 4) is 28.7 Å². The second-order valence-electron chi connectivity index (χ2n) is 10.8. The lowest BCUT2D eigenvalue weighted by atomic mass is 9.54. The zero-order chi connectivity index (χ0) is 27.1. The molecule has 4 aromatic rings. The predicted octanol–water partition coefficient (Wildman–Crippen LogP) is 6.08. The number of methoxy groups -OCH3 is 4. The van der Waals surface area contributed by atoms with Gasteiger partial charge in [0.2, 0.25) is 0 Å². The van der Waals surface area contributed by atoms with Gasteiger partial charge in [0.1, 0.15) is 28.7 Å². The Labute approximate surface area is 227 Å². The van der Waals surface area contributed by atoms with E-state index < -0.39 is 5.41 Å². The second-order valence-corrected chi connectivity index (χ2v) is 10.8. The lowest BCUT2D eigenvalue weighted by Crippen LogP contribution is -2.45. The molecule has 0 heterocycles. The number of aromatic hydroxyl groups is 1. The molecule has 0 amide bonds. The van der Waals surface area contributed by atoms with Crippen molar-refractivity contribution in [3.05, 3.63) is 88.0 Å². The maximum Gasteiger partial charge on any atom is 0.167 e. The van der Waals surface area contributed by atoms with Crippen LogP contribution in [0.5, 0.6) is 28.7 Å². The molecule has 6 nitrogen and oxygen atoms in total. The van der Waals surface area contributed by atoms with Gasteiger partial charge in [0.25, 0.3) is 0 Å². The first-order valence-corrected chi connectivity index (χ1v) is 13.2. The zero-order valence-electron chi connectivity index (χ0n) is 22.5. The van der Waals surface area contributed by atoms with Gasteiger partial charge < -0.3 is 24.1 Å². The molecule has 0 aromatic heterocycles. The van der Waals surface area contributed by atoms with Gasteiger partial charge in [0.15, 0.2) is 5.78 Å². The number of benzene rings is 4. The van der Waals surface area contributed by atoms with Gasteiger partial charge in [-0.1, -0.05) is 24.3 Å². The molecule has 3 aliphatic carbocycles. The van der Waals surface area contributed by atoms with Crippen molar-refractivity contribution in [2.75, 3.05) is 28.4 Å². The van der Waals surface area contributed by atoms with Crippen LogP contribution in [-0.2, 0) is 18.3 Å². The Morgan fingerprint density at radius 3 is 2.33 bits per heavy atom. The largest absolute Gasteiger partial charge is 0.507 e. The third-order valence-corrected chi connectivity index (χ3v) is 9.40. The Morgan fingerprint density at radius 2 is 1.59 bits per heavy atom. The summed E-state index contributed by atoms with van der Waals surface area (Å²) < 4.78 is 23.2. The summed E-state index contributed by atoms with van der Waals surface area (Å²) in [5.74, 6) is 3.05. The summed E-state index contributed by atoms with van der Waals surface area (Å²) >= 11 is 0. The SMILES string of the molecule is COc1cc2c(c(OC)c1)C[C@H]1c3cc(OC)c4c(OC)cccc4c3[C@@H]3CC(=O)c4c(O)cccc4[C@]13C2. The van der Waals surface area contributed by atoms with E-state index in [9.17, 15) is 9.90 Å². The third kappa shape index (κ3) is 3.00. The van der Waals surface area contributed by atoms with Gasteiger partial charge in [-0.05, 0) is 76.2 Å². The van der Waals surface area contributed by atoms with E-state index in [1.54, 1.807) is 34.5 Å². The minimum Gasteiger partial charge on any atom is -0.507 e. The lowest BCUT2D eigenvalue weighted by molar-refractivity contribution is 0.0925. The van der Waals surface area contributed by atoms with E-state index in [1.807, 2.05) is 30.3 Å². The topological polar surface area (TPSA) is 74.2 Å². The molecule has 0 fully saturated rings. The van der Waals surface area contributed by atoms with Gasteiger partial charge in [-0.15, -0.1) is 0 Å². The van der Waals surface area contributed by atoms with Crippen molar-refractivity contribution >= 4 is 16.6 Å². The average Bonchev–Trinajstić information content (AvgIpc) is 3.24. The van der Waals surface area contributed by atoms with E-state index in [0.29, 0.717) is 18.4 Å². The molecule has 0 saturated carbocycles. The summed E-state index contributed by atoms with van der Waals surface area (Å²) in [4.78, 5) is 13.7. The highest BCUT2D eigenvalue weighted by Crippen LogP contribution is 2.68. The fourth-order valence-electron chi connectivity index (χ4n) is 7.93. The smallest absolute Gasteiger partial charge is 0.167 e. The van der Waals surface area contributed by atoms with Gasteiger partial charge in [-0.2, -0.15) is 0 Å². The van der Waals surface area contributed by atoms with Crippen LogP contribution >= 0.6 is 0 Å². The van der Waals surface area contributed by atoms with Gasteiger partial charge >= 0.3 is 0 Å². The molecule has 3 aliphatic rings. The molecule has 7 rings (SSSR count). The number of rotatable bonds is 4. The zero-order valence-corrected chi connectivity index (χ0v) is 22.5. The second kappa shape index (κ2) is 8.40. The summed E-state index contributed by atoms with van der Waals surface area (Å²) in [5, 5.41) is 12.9. The molecule has 0 bridgehead atoms. The first kappa shape index (κ1) is 23.9. The van der Waals surface area contributed by atoms with Crippen LogP contribution in [0, 0.1) is 0 Å². The number of hydrogen-bond donors (Lipinski definition) is 1. The van der Waals surface area contributed by atoms with Crippen LogP contribution in [0.25, 0.3) is 10.8 Å². The fraction of sp³-hybridized carbons (Fsp3) is 0.303. The predicted molar refractivity (Wildman–Crippen MR) is 148 cm³/mol. The maximum absolute atomic E-state index is 13.7. The molecular formula is C33H30O6. The molecule has 1 spiro atoms. The quantitative estimate of drug-likeness (QED) is 0.350. The molecule has 1 N–H and O–H groups in total. The van der Waals surface area contributed by atoms with Crippen LogP contribution in [-0.4, -0.2) is 39.3 Å². The summed E-state index contributed by atoms with van der Waals surface area (Å²) in [7, 11) is 6.72. The van der Waals surface area contributed by atoms with Crippen LogP contribution < -0.4 is 18.9 Å². The number of Topliss-reactive ketones (excluding diaryl/α,β-unsaturated/α-hetero) is 1. The number of carbonyl (C=O) groups excluding carboxylic acids is 1. The minimum absolute atomic E-state index is 0.0220. The maximum atomic E-state index is 13.7. The van der Waals surface area contributed by atoms with Crippen LogP contribution in [0.2, 0.25) is 0 Å². The highest BCUT2D eigenvalue weighted by atomic mass is 16.5. The monoisotopic (exact) mass is 522 g/mol. The standard InChI is InChI=1S/C33H30O6/c1-36-18-11-17-16-33-22-8-6-9-25(34)32(22)26(35)15-24(33)30-19-7-5-10-27(37-2)31(19)29(39-4)14-21(30)23(33)13-20(17)28(12-18)38-3/h5-12,14,23-24,34H,13,15-16H2,1-4H3/t23-,24-,33+/m0/s1. The average molecular weight is 523 g/mol. The molecule has 0 radical (unpaired) electrons. The number of ether oxygens (including phenoxy) is 4. The number of fused-ring (bicyclic) bond motifs is 7. The van der Waals surface area contributed by atoms with Crippen LogP contribution in [0.1, 0.15) is 56.4 Å². The van der Waals surface area contributed by atoms with Gasteiger partial charge in [-0.25, -0.2) is 0 Å². The third-order valence-electron chi connectivity index (χ3n) is 9.40. The van der Waals surface area contributed by atoms with Crippen molar-refractivity contribution in [1.82, 2.24) is 0 Å². The van der Waals surface area contributed by atoms with E-state index >= 15 is 0 Å². The first-order chi connectivity index (χ1) is 19.0. The van der Waals surface area contributed by atoms with E-state index in [0.717, 1.165) is 56.9 Å². The first-order valence-electron chi connectivity index (χ1n) is 13.2. The van der Waals surface area contributed by atoms with Gasteiger partial charge in [-0.3, -0.25) is 4.79 Å². The number of ketones is 1. The highest BCUT2D eigenvalue weighted by Gasteiger charge is 2.60. The molecule has 3 atom stereocenters. The van der Waals surface area contributed by atoms with Crippen LogP contribution in [0.3, 0.4) is 0 Å². The van der Waals surface area contributed by atoms with E-state index in [2.05, 4.69) is 18.2 Å². The van der Waals surface area contributed by atoms with Crippen LogP contribution in [0.15, 0.2) is 54.6 Å². The minimum atomic E-state index is -0.433. The Bertz CT molecular complexity index is 1690. The van der Waals surface area contributed by atoms with Crippen molar-refractivity contribution in [3.63, 3.8) is 0 Å². The van der Waals surface area contributed by atoms with Crippen molar-refractivity contribution in [2.45, 2.75) is 36.5 Å².